The number of nitrogens with zero attached hydrogens (tertiary/aromatic N) is 2. The Morgan fingerprint density at radius 3 is 2.26 bits per heavy atom. The number of hydrogen-bond donors (Lipinski definition) is 1. The van der Waals surface area contributed by atoms with Crippen LogP contribution in [0.15, 0.2) is 79.0 Å². The number of benzene rings is 2. The van der Waals surface area contributed by atoms with Gasteiger partial charge in [-0.25, -0.2) is 9.59 Å². The second kappa shape index (κ2) is 10.7. The van der Waals surface area contributed by atoms with E-state index in [1.54, 1.807) is 65.7 Å². The highest BCUT2D eigenvalue weighted by molar-refractivity contribution is 6.04. The summed E-state index contributed by atoms with van der Waals surface area (Å²) in [6, 6.07) is 20.5. The average Bonchev–Trinajstić information content (AvgIpc) is 2.82. The Morgan fingerprint density at radius 2 is 1.61 bits per heavy atom. The van der Waals surface area contributed by atoms with Gasteiger partial charge in [0.2, 0.25) is 0 Å². The molecule has 1 N–H and O–H groups in total. The number of hydrogen-bond acceptors (Lipinski definition) is 5. The number of rotatable bonds is 7. The van der Waals surface area contributed by atoms with Crippen LogP contribution in [0.2, 0.25) is 0 Å². The van der Waals surface area contributed by atoms with Crippen LogP contribution in [0.25, 0.3) is 0 Å². The molecule has 7 heteroatoms. The maximum absolute atomic E-state index is 12.9. The van der Waals surface area contributed by atoms with Gasteiger partial charge in [-0.3, -0.25) is 15.1 Å². The molecule has 158 valence electrons. The van der Waals surface area contributed by atoms with Crippen LogP contribution < -0.4 is 5.32 Å². The third kappa shape index (κ3) is 6.24. The zero-order valence-electron chi connectivity index (χ0n) is 17.2. The van der Waals surface area contributed by atoms with Gasteiger partial charge in [0.15, 0.2) is 0 Å². The van der Waals surface area contributed by atoms with Crippen LogP contribution in [-0.4, -0.2) is 41.4 Å². The fraction of sp³-hybridized carbons (Fsp3) is 0.167. The zero-order valence-corrected chi connectivity index (χ0v) is 17.2. The van der Waals surface area contributed by atoms with E-state index in [9.17, 15) is 14.4 Å². The van der Waals surface area contributed by atoms with Crippen molar-refractivity contribution in [3.8, 4) is 0 Å². The van der Waals surface area contributed by atoms with Crippen LogP contribution in [0.1, 0.15) is 32.0 Å². The van der Waals surface area contributed by atoms with Crippen LogP contribution >= 0.6 is 0 Å². The summed E-state index contributed by atoms with van der Waals surface area (Å²) in [6.07, 6.45) is 2.23. The standard InChI is InChI=1S/C24H23N3O4/c1-31-23(29)20-12-10-18(11-13-20)17-27(16-14-21-9-5-6-15-25-21)24(30)26-22(28)19-7-3-2-4-8-19/h2-13,15H,14,16-17H2,1H3,(H,26,28,30). The summed E-state index contributed by atoms with van der Waals surface area (Å²) < 4.78 is 4.71. The molecule has 7 nitrogen and oxygen atoms in total. The molecule has 0 aliphatic rings. The number of nitrogens with one attached hydrogen (secondary N) is 1. The fourth-order valence-electron chi connectivity index (χ4n) is 2.97. The molecule has 0 saturated heterocycles. The first kappa shape index (κ1) is 21.7. The van der Waals surface area contributed by atoms with Gasteiger partial charge in [0.25, 0.3) is 5.91 Å². The van der Waals surface area contributed by atoms with Crippen molar-refractivity contribution in [2.24, 2.45) is 0 Å². The van der Waals surface area contributed by atoms with Crippen molar-refractivity contribution >= 4 is 17.9 Å². The van der Waals surface area contributed by atoms with Crippen molar-refractivity contribution in [3.63, 3.8) is 0 Å². The predicted octanol–water partition coefficient (Wildman–Crippen LogP) is 3.46. The molecule has 0 bridgehead atoms. The van der Waals surface area contributed by atoms with Gasteiger partial charge in [-0.1, -0.05) is 36.4 Å². The van der Waals surface area contributed by atoms with Crippen LogP contribution in [-0.2, 0) is 17.7 Å². The van der Waals surface area contributed by atoms with Gasteiger partial charge in [0.05, 0.1) is 12.7 Å². The first-order chi connectivity index (χ1) is 15.1. The van der Waals surface area contributed by atoms with Crippen molar-refractivity contribution in [2.75, 3.05) is 13.7 Å². The Labute approximate surface area is 180 Å². The second-order valence-corrected chi connectivity index (χ2v) is 6.81. The molecule has 2 aromatic carbocycles. The van der Waals surface area contributed by atoms with E-state index in [0.717, 1.165) is 11.3 Å². The van der Waals surface area contributed by atoms with Crippen LogP contribution in [0.5, 0.6) is 0 Å². The molecule has 0 radical (unpaired) electrons. The summed E-state index contributed by atoms with van der Waals surface area (Å²) in [5.41, 5.74) is 2.49. The molecule has 3 rings (SSSR count). The molecule has 1 aromatic heterocycles. The molecule has 0 unspecified atom stereocenters. The largest absolute Gasteiger partial charge is 0.465 e. The number of aromatic nitrogens is 1. The molecule has 31 heavy (non-hydrogen) atoms. The van der Waals surface area contributed by atoms with E-state index in [1.807, 2.05) is 18.2 Å². The Hall–Kier alpha value is -4.00. The molecule has 0 spiro atoms. The molecular formula is C24H23N3O4. The van der Waals surface area contributed by atoms with E-state index in [1.165, 1.54) is 7.11 Å². The molecule has 1 heterocycles. The van der Waals surface area contributed by atoms with E-state index in [-0.39, 0.29) is 6.54 Å². The van der Waals surface area contributed by atoms with Crippen LogP contribution in [0, 0.1) is 0 Å². The highest BCUT2D eigenvalue weighted by Gasteiger charge is 2.18. The number of pyridine rings is 1. The monoisotopic (exact) mass is 417 g/mol. The highest BCUT2D eigenvalue weighted by Crippen LogP contribution is 2.10. The summed E-state index contributed by atoms with van der Waals surface area (Å²) in [7, 11) is 1.32. The number of ether oxygens (including phenoxy) is 1. The van der Waals surface area contributed by atoms with Crippen LogP contribution in [0.3, 0.4) is 0 Å². The lowest BCUT2D eigenvalue weighted by molar-refractivity contribution is 0.0600. The second-order valence-electron chi connectivity index (χ2n) is 6.81. The third-order valence-electron chi connectivity index (χ3n) is 4.66. The van der Waals surface area contributed by atoms with E-state index in [2.05, 4.69) is 10.3 Å². The Morgan fingerprint density at radius 1 is 0.903 bits per heavy atom. The lowest BCUT2D eigenvalue weighted by Gasteiger charge is -2.23. The summed E-state index contributed by atoms with van der Waals surface area (Å²) in [5, 5.41) is 2.45. The van der Waals surface area contributed by atoms with E-state index < -0.39 is 17.9 Å². The van der Waals surface area contributed by atoms with Gasteiger partial charge in [-0.15, -0.1) is 0 Å². The predicted molar refractivity (Wildman–Crippen MR) is 115 cm³/mol. The van der Waals surface area contributed by atoms with Gasteiger partial charge in [-0.05, 0) is 42.0 Å². The van der Waals surface area contributed by atoms with Gasteiger partial charge in [0.1, 0.15) is 0 Å². The molecule has 0 aliphatic heterocycles. The number of imide groups is 1. The fourth-order valence-corrected chi connectivity index (χ4v) is 2.97. The Bertz CT molecular complexity index is 1020. The summed E-state index contributed by atoms with van der Waals surface area (Å²) in [5.74, 6) is -0.890. The first-order valence-electron chi connectivity index (χ1n) is 9.79. The number of methoxy groups -OCH3 is 1. The van der Waals surface area contributed by atoms with Gasteiger partial charge < -0.3 is 9.64 Å². The van der Waals surface area contributed by atoms with Crippen molar-refractivity contribution in [1.29, 1.82) is 0 Å². The first-order valence-corrected chi connectivity index (χ1v) is 9.79. The lowest BCUT2D eigenvalue weighted by atomic mass is 10.1. The summed E-state index contributed by atoms with van der Waals surface area (Å²) >= 11 is 0. The number of urea groups is 1. The molecule has 0 aliphatic carbocycles. The molecule has 0 saturated carbocycles. The third-order valence-corrected chi connectivity index (χ3v) is 4.66. The Balaban J connectivity index is 1.72. The quantitative estimate of drug-likeness (QED) is 0.595. The SMILES string of the molecule is COC(=O)c1ccc(CN(CCc2ccccn2)C(=O)NC(=O)c2ccccc2)cc1. The Kier molecular flexibility index (Phi) is 7.48. The van der Waals surface area contributed by atoms with Gasteiger partial charge in [0, 0.05) is 37.0 Å². The topological polar surface area (TPSA) is 88.6 Å². The molecule has 0 fully saturated rings. The van der Waals surface area contributed by atoms with E-state index in [0.29, 0.717) is 24.1 Å². The maximum atomic E-state index is 12.9. The molecule has 3 amide bonds. The van der Waals surface area contributed by atoms with Gasteiger partial charge >= 0.3 is 12.0 Å². The van der Waals surface area contributed by atoms with Gasteiger partial charge in [-0.2, -0.15) is 0 Å². The van der Waals surface area contributed by atoms with E-state index in [4.69, 9.17) is 4.74 Å². The summed E-state index contributed by atoms with van der Waals surface area (Å²) in [4.78, 5) is 42.8. The molecular weight excluding hydrogens is 394 g/mol. The molecule has 0 atom stereocenters. The number of esters is 1. The molecule has 3 aromatic rings. The van der Waals surface area contributed by atoms with Crippen molar-refractivity contribution < 1.29 is 19.1 Å². The smallest absolute Gasteiger partial charge is 0.337 e. The minimum atomic E-state index is -0.498. The minimum absolute atomic E-state index is 0.266. The number of carbonyl (C=O) groups is 3. The maximum Gasteiger partial charge on any atom is 0.337 e. The van der Waals surface area contributed by atoms with Crippen molar-refractivity contribution in [1.82, 2.24) is 15.2 Å². The van der Waals surface area contributed by atoms with E-state index >= 15 is 0 Å². The highest BCUT2D eigenvalue weighted by atomic mass is 16.5. The van der Waals surface area contributed by atoms with Crippen LogP contribution in [0.4, 0.5) is 4.79 Å². The zero-order chi connectivity index (χ0) is 22.1. The lowest BCUT2D eigenvalue weighted by Crippen LogP contribution is -2.43. The minimum Gasteiger partial charge on any atom is -0.465 e. The number of amides is 3. The normalized spacial score (nSPS) is 10.2. The number of carbonyl (C=O) groups excluding carboxylic acids is 3. The van der Waals surface area contributed by atoms with Crippen molar-refractivity contribution in [3.05, 3.63) is 101 Å². The average molecular weight is 417 g/mol. The van der Waals surface area contributed by atoms with Crippen molar-refractivity contribution in [2.45, 2.75) is 13.0 Å². The summed E-state index contributed by atoms with van der Waals surface area (Å²) in [6.45, 7) is 0.631.